The molecule has 2 aromatic carbocycles. The molecule has 3 aromatic rings. The van der Waals surface area contributed by atoms with Crippen molar-refractivity contribution in [2.24, 2.45) is 0 Å². The fourth-order valence-electron chi connectivity index (χ4n) is 3.39. The van der Waals surface area contributed by atoms with Crippen LogP contribution in [0.1, 0.15) is 12.2 Å². The molecule has 3 N–H and O–H groups in total. The smallest absolute Gasteiger partial charge is 0.321 e. The van der Waals surface area contributed by atoms with E-state index in [9.17, 15) is 14.4 Å². The van der Waals surface area contributed by atoms with Gasteiger partial charge in [0, 0.05) is 35.3 Å². The van der Waals surface area contributed by atoms with E-state index in [4.69, 9.17) is 16.3 Å². The number of nitrogens with zero attached hydrogens (tertiary/aromatic N) is 3. The van der Waals surface area contributed by atoms with Gasteiger partial charge in [0.1, 0.15) is 11.6 Å². The van der Waals surface area contributed by atoms with E-state index in [0.29, 0.717) is 27.4 Å². The number of nitrogens with one attached hydrogen (secondary N) is 3. The number of carbonyl (C=O) groups is 3. The minimum absolute atomic E-state index is 0.0975. The lowest BCUT2D eigenvalue weighted by atomic mass is 10.1. The third-order valence-corrected chi connectivity index (χ3v) is 6.12. The molecular formula is C22H21ClN6O4S. The predicted octanol–water partition coefficient (Wildman–Crippen LogP) is 2.80. The van der Waals surface area contributed by atoms with Crippen LogP contribution in [0, 0.1) is 0 Å². The molecule has 1 atom stereocenters. The Balaban J connectivity index is 1.50. The Labute approximate surface area is 204 Å². The van der Waals surface area contributed by atoms with Crippen LogP contribution in [0.15, 0.2) is 53.7 Å². The topological polar surface area (TPSA) is 127 Å². The van der Waals surface area contributed by atoms with Crippen molar-refractivity contribution in [3.63, 3.8) is 0 Å². The van der Waals surface area contributed by atoms with Gasteiger partial charge in [0.05, 0.1) is 12.9 Å². The molecule has 1 saturated heterocycles. The fraction of sp³-hybridized carbons (Fsp3) is 0.227. The van der Waals surface area contributed by atoms with Gasteiger partial charge in [-0.3, -0.25) is 19.5 Å². The number of amides is 4. The molecule has 0 radical (unpaired) electrons. The van der Waals surface area contributed by atoms with Crippen LogP contribution in [-0.2, 0) is 16.0 Å². The number of anilines is 1. The highest BCUT2D eigenvalue weighted by Crippen LogP contribution is 2.25. The van der Waals surface area contributed by atoms with Crippen molar-refractivity contribution < 1.29 is 19.1 Å². The maximum absolute atomic E-state index is 12.5. The minimum Gasteiger partial charge on any atom is -0.497 e. The lowest BCUT2D eigenvalue weighted by molar-refractivity contribution is -0.121. The summed E-state index contributed by atoms with van der Waals surface area (Å²) in [4.78, 5) is 35.9. The number of methoxy groups -OCH3 is 1. The summed E-state index contributed by atoms with van der Waals surface area (Å²) in [6.45, 7) is 0. The molecule has 0 aliphatic carbocycles. The standard InChI is InChI=1S/C22H21ClN6O4S/c1-33-17-8-4-14(5-9-17)24-20(31)12-34-22-28-27-18(10-15-11-19(30)26-21(32)25-15)29(22)16-6-2-13(23)3-7-16/h2-9,15H,10-12H2,1H3,(H,24,31)(H2,25,26,30,32). The lowest BCUT2D eigenvalue weighted by Gasteiger charge is -2.23. The summed E-state index contributed by atoms with van der Waals surface area (Å²) < 4.78 is 6.91. The van der Waals surface area contributed by atoms with Crippen molar-refractivity contribution in [1.82, 2.24) is 25.4 Å². The highest BCUT2D eigenvalue weighted by Gasteiger charge is 2.27. The average molecular weight is 501 g/mol. The van der Waals surface area contributed by atoms with Gasteiger partial charge in [0.2, 0.25) is 11.8 Å². The Bertz CT molecular complexity index is 1180. The Morgan fingerprint density at radius 1 is 1.18 bits per heavy atom. The van der Waals surface area contributed by atoms with Gasteiger partial charge in [-0.15, -0.1) is 10.2 Å². The minimum atomic E-state index is -0.538. The molecule has 4 rings (SSSR count). The monoisotopic (exact) mass is 500 g/mol. The predicted molar refractivity (Wildman–Crippen MR) is 128 cm³/mol. The van der Waals surface area contributed by atoms with E-state index in [-0.39, 0.29) is 30.4 Å². The van der Waals surface area contributed by atoms with Crippen LogP contribution in [0.3, 0.4) is 0 Å². The number of imide groups is 1. The second-order valence-corrected chi connectivity index (χ2v) is 8.78. The van der Waals surface area contributed by atoms with Crippen LogP contribution in [0.2, 0.25) is 5.02 Å². The van der Waals surface area contributed by atoms with Crippen LogP contribution < -0.4 is 20.7 Å². The van der Waals surface area contributed by atoms with Crippen molar-refractivity contribution in [2.75, 3.05) is 18.2 Å². The van der Waals surface area contributed by atoms with E-state index in [1.165, 1.54) is 11.8 Å². The summed E-state index contributed by atoms with van der Waals surface area (Å²) in [6, 6.07) is 13.2. The number of hydrogen-bond acceptors (Lipinski definition) is 7. The zero-order valence-electron chi connectivity index (χ0n) is 18.1. The van der Waals surface area contributed by atoms with Crippen molar-refractivity contribution in [3.05, 3.63) is 59.4 Å². The van der Waals surface area contributed by atoms with Crippen LogP contribution in [0.25, 0.3) is 5.69 Å². The van der Waals surface area contributed by atoms with Crippen molar-refractivity contribution in [2.45, 2.75) is 24.0 Å². The molecule has 1 unspecified atom stereocenters. The average Bonchev–Trinajstić information content (AvgIpc) is 3.20. The SMILES string of the molecule is COc1ccc(NC(=O)CSc2nnc(CC3CC(=O)NC(=O)N3)n2-c2ccc(Cl)cc2)cc1. The Morgan fingerprint density at radius 2 is 1.91 bits per heavy atom. The second-order valence-electron chi connectivity index (χ2n) is 7.40. The number of halogens is 1. The van der Waals surface area contributed by atoms with Crippen LogP contribution in [-0.4, -0.2) is 51.5 Å². The van der Waals surface area contributed by atoms with Gasteiger partial charge in [0.25, 0.3) is 0 Å². The Kier molecular flexibility index (Phi) is 7.33. The lowest BCUT2D eigenvalue weighted by Crippen LogP contribution is -2.53. The van der Waals surface area contributed by atoms with E-state index < -0.39 is 12.1 Å². The number of rotatable bonds is 8. The van der Waals surface area contributed by atoms with Gasteiger partial charge in [-0.1, -0.05) is 23.4 Å². The third-order valence-electron chi connectivity index (χ3n) is 4.94. The van der Waals surface area contributed by atoms with Crippen LogP contribution >= 0.6 is 23.4 Å². The van der Waals surface area contributed by atoms with Gasteiger partial charge >= 0.3 is 6.03 Å². The number of aromatic nitrogens is 3. The summed E-state index contributed by atoms with van der Waals surface area (Å²) in [5.74, 6) is 0.776. The maximum Gasteiger partial charge on any atom is 0.321 e. The van der Waals surface area contributed by atoms with E-state index in [2.05, 4.69) is 26.1 Å². The van der Waals surface area contributed by atoms with Crippen LogP contribution in [0.4, 0.5) is 10.5 Å². The summed E-state index contributed by atoms with van der Waals surface area (Å²) in [5, 5.41) is 17.4. The summed E-state index contributed by atoms with van der Waals surface area (Å²) in [5.41, 5.74) is 1.40. The van der Waals surface area contributed by atoms with E-state index in [0.717, 1.165) is 5.69 Å². The van der Waals surface area contributed by atoms with Gasteiger partial charge < -0.3 is 15.4 Å². The molecule has 1 aromatic heterocycles. The second kappa shape index (κ2) is 10.6. The highest BCUT2D eigenvalue weighted by molar-refractivity contribution is 7.99. The molecule has 34 heavy (non-hydrogen) atoms. The molecule has 1 aliphatic rings. The first kappa shape index (κ1) is 23.6. The molecule has 10 nitrogen and oxygen atoms in total. The summed E-state index contributed by atoms with van der Waals surface area (Å²) >= 11 is 7.26. The molecule has 0 saturated carbocycles. The Hall–Kier alpha value is -3.57. The first-order valence-corrected chi connectivity index (χ1v) is 11.6. The maximum atomic E-state index is 12.5. The van der Waals surface area contributed by atoms with E-state index in [1.807, 2.05) is 12.1 Å². The zero-order valence-corrected chi connectivity index (χ0v) is 19.7. The molecule has 4 amide bonds. The van der Waals surface area contributed by atoms with Crippen molar-refractivity contribution >= 4 is 46.9 Å². The number of thioether (sulfide) groups is 1. The molecule has 0 bridgehead atoms. The molecule has 2 heterocycles. The zero-order chi connectivity index (χ0) is 24.1. The summed E-state index contributed by atoms with van der Waals surface area (Å²) in [6.07, 6.45) is 0.416. The number of benzene rings is 2. The number of urea groups is 1. The number of hydrogen-bond donors (Lipinski definition) is 3. The third kappa shape index (κ3) is 5.86. The molecule has 1 aliphatic heterocycles. The normalized spacial score (nSPS) is 15.4. The highest BCUT2D eigenvalue weighted by atomic mass is 35.5. The van der Waals surface area contributed by atoms with Gasteiger partial charge in [-0.25, -0.2) is 4.79 Å². The quantitative estimate of drug-likeness (QED) is 0.406. The van der Waals surface area contributed by atoms with E-state index in [1.54, 1.807) is 48.1 Å². The first-order valence-electron chi connectivity index (χ1n) is 10.3. The largest absolute Gasteiger partial charge is 0.497 e. The fourth-order valence-corrected chi connectivity index (χ4v) is 4.29. The number of ether oxygens (including phenoxy) is 1. The molecule has 0 spiro atoms. The van der Waals surface area contributed by atoms with Gasteiger partial charge in [0.15, 0.2) is 5.16 Å². The van der Waals surface area contributed by atoms with Crippen molar-refractivity contribution in [3.8, 4) is 11.4 Å². The molecule has 176 valence electrons. The van der Waals surface area contributed by atoms with Gasteiger partial charge in [-0.2, -0.15) is 0 Å². The molecule has 12 heteroatoms. The molecule has 1 fully saturated rings. The van der Waals surface area contributed by atoms with Gasteiger partial charge in [-0.05, 0) is 48.5 Å². The number of carbonyl (C=O) groups excluding carboxylic acids is 3. The van der Waals surface area contributed by atoms with Crippen LogP contribution in [0.5, 0.6) is 5.75 Å². The first-order chi connectivity index (χ1) is 16.4. The Morgan fingerprint density at radius 3 is 2.59 bits per heavy atom. The van der Waals surface area contributed by atoms with Crippen molar-refractivity contribution in [1.29, 1.82) is 0 Å². The van der Waals surface area contributed by atoms with E-state index >= 15 is 0 Å². The summed E-state index contributed by atoms with van der Waals surface area (Å²) in [7, 11) is 1.58. The molecular weight excluding hydrogens is 480 g/mol.